The summed E-state index contributed by atoms with van der Waals surface area (Å²) in [6, 6.07) is 28.6. The van der Waals surface area contributed by atoms with Gasteiger partial charge < -0.3 is 26.3 Å². The Bertz CT molecular complexity index is 1930. The minimum atomic E-state index is -1.01. The summed E-state index contributed by atoms with van der Waals surface area (Å²) >= 11 is 0. The lowest BCUT2D eigenvalue weighted by Crippen LogP contribution is -2.57. The highest BCUT2D eigenvalue weighted by Gasteiger charge is 2.31. The smallest absolute Gasteiger partial charge is 0.243 e. The summed E-state index contributed by atoms with van der Waals surface area (Å²) in [5, 5.41) is 15.3. The van der Waals surface area contributed by atoms with E-state index < -0.39 is 29.9 Å². The Labute approximate surface area is 286 Å². The first-order valence-corrected chi connectivity index (χ1v) is 17.0. The van der Waals surface area contributed by atoms with Gasteiger partial charge >= 0.3 is 0 Å². The van der Waals surface area contributed by atoms with Crippen LogP contribution in [0.5, 0.6) is 0 Å². The topological polar surface area (TPSA) is 132 Å². The second-order valence-corrected chi connectivity index (χ2v) is 13.0. The summed E-state index contributed by atoms with van der Waals surface area (Å²) in [6.07, 6.45) is 3.98. The molecule has 5 aromatic rings. The van der Waals surface area contributed by atoms with Crippen molar-refractivity contribution < 1.29 is 19.2 Å². The molecule has 0 spiro atoms. The average molecular weight is 658 g/mol. The lowest BCUT2D eigenvalue weighted by atomic mass is 9.95. The molecule has 3 unspecified atom stereocenters. The number of hydrogen-bond donors (Lipinski definition) is 5. The van der Waals surface area contributed by atoms with Crippen LogP contribution in [-0.2, 0) is 38.4 Å². The van der Waals surface area contributed by atoms with Gasteiger partial charge in [-0.15, -0.1) is 0 Å². The van der Waals surface area contributed by atoms with Gasteiger partial charge in [0.2, 0.25) is 17.7 Å². The number of aromatic nitrogens is 1. The first-order chi connectivity index (χ1) is 23.8. The normalized spacial score (nSPS) is 15.3. The van der Waals surface area contributed by atoms with Crippen molar-refractivity contribution in [1.82, 2.24) is 26.3 Å². The second-order valence-electron chi connectivity index (χ2n) is 13.0. The van der Waals surface area contributed by atoms with Gasteiger partial charge in [0.15, 0.2) is 5.78 Å². The molecule has 2 heterocycles. The Kier molecular flexibility index (Phi) is 10.8. The van der Waals surface area contributed by atoms with Gasteiger partial charge in [-0.05, 0) is 72.8 Å². The summed E-state index contributed by atoms with van der Waals surface area (Å²) in [4.78, 5) is 57.8. The number of fused-ring (bicyclic) bond motifs is 2. The SMILES string of the molecule is CC(=O)C(Cc1ccccc1)NC(=O)C(Cc1c[nH]c2ccccc12)NC(=O)C(Cc1ccc2ccccc2c1)NC(=O)C1CCNCC1. The van der Waals surface area contributed by atoms with Crippen molar-refractivity contribution in [3.63, 3.8) is 0 Å². The fourth-order valence-corrected chi connectivity index (χ4v) is 6.60. The van der Waals surface area contributed by atoms with E-state index in [1.54, 1.807) is 0 Å². The lowest BCUT2D eigenvalue weighted by molar-refractivity contribution is -0.134. The monoisotopic (exact) mass is 657 g/mol. The highest BCUT2D eigenvalue weighted by molar-refractivity contribution is 5.95. The molecule has 0 bridgehead atoms. The third-order valence-corrected chi connectivity index (χ3v) is 9.42. The molecular formula is C40H43N5O4. The van der Waals surface area contributed by atoms with Crippen LogP contribution in [0.25, 0.3) is 21.7 Å². The molecule has 0 radical (unpaired) electrons. The predicted molar refractivity (Wildman–Crippen MR) is 192 cm³/mol. The van der Waals surface area contributed by atoms with Crippen molar-refractivity contribution in [1.29, 1.82) is 0 Å². The molecule has 4 aromatic carbocycles. The van der Waals surface area contributed by atoms with Crippen LogP contribution in [0, 0.1) is 5.92 Å². The Morgan fingerprint density at radius 1 is 0.673 bits per heavy atom. The summed E-state index contributed by atoms with van der Waals surface area (Å²) in [7, 11) is 0. The van der Waals surface area contributed by atoms with Crippen molar-refractivity contribution in [3.8, 4) is 0 Å². The highest BCUT2D eigenvalue weighted by Crippen LogP contribution is 2.21. The zero-order valence-electron chi connectivity index (χ0n) is 27.7. The van der Waals surface area contributed by atoms with Crippen LogP contribution in [0.15, 0.2) is 103 Å². The number of piperidine rings is 1. The molecule has 1 aromatic heterocycles. The number of rotatable bonds is 13. The molecule has 49 heavy (non-hydrogen) atoms. The number of ketones is 1. The molecule has 1 fully saturated rings. The van der Waals surface area contributed by atoms with E-state index in [0.29, 0.717) is 19.3 Å². The molecule has 1 saturated heterocycles. The standard InChI is InChI=1S/C40H43N5O4/c1-26(46)35(22-27-9-3-2-4-10-27)43-40(49)37(24-32-25-42-34-14-8-7-13-33(32)34)45-39(48)36(44-38(47)30-17-19-41-20-18-30)23-28-15-16-29-11-5-6-12-31(29)21-28/h2-16,21,25,30,35-37,41-42H,17-20,22-24H2,1H3,(H,43,49)(H,44,47)(H,45,48). The van der Waals surface area contributed by atoms with Crippen LogP contribution >= 0.6 is 0 Å². The van der Waals surface area contributed by atoms with E-state index in [2.05, 4.69) is 26.3 Å². The molecule has 0 aliphatic carbocycles. The Morgan fingerprint density at radius 2 is 1.31 bits per heavy atom. The summed E-state index contributed by atoms with van der Waals surface area (Å²) in [5.74, 6) is -1.48. The number of aromatic amines is 1. The summed E-state index contributed by atoms with van der Waals surface area (Å²) in [6.45, 7) is 2.94. The van der Waals surface area contributed by atoms with Crippen LogP contribution in [0.1, 0.15) is 36.5 Å². The van der Waals surface area contributed by atoms with E-state index in [9.17, 15) is 19.2 Å². The number of nitrogens with one attached hydrogen (secondary N) is 5. The van der Waals surface area contributed by atoms with Crippen LogP contribution in [0.4, 0.5) is 0 Å². The van der Waals surface area contributed by atoms with Crippen molar-refractivity contribution in [2.75, 3.05) is 13.1 Å². The zero-order chi connectivity index (χ0) is 34.2. The average Bonchev–Trinajstić information content (AvgIpc) is 3.54. The molecule has 0 saturated carbocycles. The largest absolute Gasteiger partial charge is 0.361 e. The van der Waals surface area contributed by atoms with E-state index in [1.165, 1.54) is 6.92 Å². The van der Waals surface area contributed by atoms with Gasteiger partial charge in [0.05, 0.1) is 6.04 Å². The molecule has 6 rings (SSSR count). The Hall–Kier alpha value is -5.28. The van der Waals surface area contributed by atoms with E-state index in [0.717, 1.165) is 51.5 Å². The fraction of sp³-hybridized carbons (Fsp3) is 0.300. The molecule has 5 N–H and O–H groups in total. The van der Waals surface area contributed by atoms with Crippen molar-refractivity contribution in [2.24, 2.45) is 5.92 Å². The molecule has 1 aliphatic rings. The van der Waals surface area contributed by atoms with Gasteiger partial charge in [-0.3, -0.25) is 19.2 Å². The molecular weight excluding hydrogens is 614 g/mol. The highest BCUT2D eigenvalue weighted by atomic mass is 16.2. The minimum Gasteiger partial charge on any atom is -0.361 e. The van der Waals surface area contributed by atoms with Gasteiger partial charge in [-0.2, -0.15) is 0 Å². The quantitative estimate of drug-likeness (QED) is 0.128. The van der Waals surface area contributed by atoms with Crippen molar-refractivity contribution in [3.05, 3.63) is 120 Å². The number of carbonyl (C=O) groups excluding carboxylic acids is 4. The predicted octanol–water partition coefficient (Wildman–Crippen LogP) is 4.39. The van der Waals surface area contributed by atoms with Gasteiger partial charge in [0.1, 0.15) is 12.1 Å². The number of para-hydroxylation sites is 1. The van der Waals surface area contributed by atoms with E-state index >= 15 is 0 Å². The first kappa shape index (κ1) is 33.6. The number of benzene rings is 4. The van der Waals surface area contributed by atoms with Gasteiger partial charge in [-0.25, -0.2) is 0 Å². The Morgan fingerprint density at radius 3 is 2.06 bits per heavy atom. The maximum atomic E-state index is 14.3. The number of hydrogen-bond acceptors (Lipinski definition) is 5. The van der Waals surface area contributed by atoms with Crippen LogP contribution in [-0.4, -0.2) is 59.7 Å². The molecule has 1 aliphatic heterocycles. The number of H-pyrrole nitrogens is 1. The zero-order valence-corrected chi connectivity index (χ0v) is 27.7. The second kappa shape index (κ2) is 15.7. The van der Waals surface area contributed by atoms with Gasteiger partial charge in [0.25, 0.3) is 0 Å². The number of amides is 3. The van der Waals surface area contributed by atoms with Gasteiger partial charge in [-0.1, -0.05) is 91.0 Å². The van der Waals surface area contributed by atoms with Crippen molar-refractivity contribution in [2.45, 2.75) is 57.2 Å². The Balaban J connectivity index is 1.27. The molecule has 3 amide bonds. The molecule has 9 nitrogen and oxygen atoms in total. The molecule has 3 atom stereocenters. The van der Waals surface area contributed by atoms with Crippen LogP contribution in [0.3, 0.4) is 0 Å². The van der Waals surface area contributed by atoms with E-state index in [4.69, 9.17) is 0 Å². The number of Topliss-reactive ketones (excluding diaryl/α,β-unsaturated/α-hetero) is 1. The van der Waals surface area contributed by atoms with Crippen molar-refractivity contribution >= 4 is 45.2 Å². The third kappa shape index (κ3) is 8.61. The maximum absolute atomic E-state index is 14.3. The fourth-order valence-electron chi connectivity index (χ4n) is 6.60. The first-order valence-electron chi connectivity index (χ1n) is 17.0. The van der Waals surface area contributed by atoms with Crippen LogP contribution < -0.4 is 21.3 Å². The summed E-state index contributed by atoms with van der Waals surface area (Å²) < 4.78 is 0. The minimum absolute atomic E-state index is 0.167. The van der Waals surface area contributed by atoms with E-state index in [1.807, 2.05) is 103 Å². The summed E-state index contributed by atoms with van der Waals surface area (Å²) in [5.41, 5.74) is 3.57. The van der Waals surface area contributed by atoms with Crippen LogP contribution in [0.2, 0.25) is 0 Å². The maximum Gasteiger partial charge on any atom is 0.243 e. The number of carbonyl (C=O) groups is 4. The lowest BCUT2D eigenvalue weighted by Gasteiger charge is -2.27. The molecule has 9 heteroatoms. The third-order valence-electron chi connectivity index (χ3n) is 9.42. The van der Waals surface area contributed by atoms with E-state index in [-0.39, 0.29) is 30.4 Å². The van der Waals surface area contributed by atoms with Gasteiger partial charge in [0, 0.05) is 35.9 Å². The molecule has 252 valence electrons.